The first-order valence-electron chi connectivity index (χ1n) is 8.94. The number of hydrogen-bond acceptors (Lipinski definition) is 6. The number of ether oxygens (including phenoxy) is 1. The molecule has 0 saturated carbocycles. The second-order valence-electron chi connectivity index (χ2n) is 6.66. The fraction of sp³-hybridized carbons (Fsp3) is 0.300. The number of nitrogens with one attached hydrogen (secondary N) is 1. The van der Waals surface area contributed by atoms with Crippen LogP contribution < -0.4 is 10.2 Å². The van der Waals surface area contributed by atoms with Gasteiger partial charge in [0, 0.05) is 42.2 Å². The molecule has 3 rings (SSSR count). The van der Waals surface area contributed by atoms with Crippen molar-refractivity contribution in [3.05, 3.63) is 63.2 Å². The Hall–Kier alpha value is -3.42. The summed E-state index contributed by atoms with van der Waals surface area (Å²) in [6.07, 6.45) is 2.35. The van der Waals surface area contributed by atoms with E-state index >= 15 is 0 Å². The molecule has 0 atom stereocenters. The first-order valence-corrected chi connectivity index (χ1v) is 8.94. The molecule has 1 N–H and O–H groups in total. The van der Waals surface area contributed by atoms with Crippen LogP contribution in [0.2, 0.25) is 0 Å². The second-order valence-corrected chi connectivity index (χ2v) is 6.66. The lowest BCUT2D eigenvalue weighted by atomic mass is 10.1. The van der Waals surface area contributed by atoms with Crippen molar-refractivity contribution in [2.45, 2.75) is 19.8 Å². The molecule has 28 heavy (non-hydrogen) atoms. The van der Waals surface area contributed by atoms with Crippen LogP contribution in [0.3, 0.4) is 0 Å². The highest BCUT2D eigenvalue weighted by Crippen LogP contribution is 2.26. The summed E-state index contributed by atoms with van der Waals surface area (Å²) in [5.74, 6) is -1.28. The molecule has 1 fully saturated rings. The number of hydrogen-bond donors (Lipinski definition) is 1. The molecule has 2 aromatic rings. The van der Waals surface area contributed by atoms with E-state index in [9.17, 15) is 19.7 Å². The van der Waals surface area contributed by atoms with Crippen LogP contribution in [0.4, 0.5) is 17.1 Å². The number of nitrogens with zero attached hydrogens (tertiary/aromatic N) is 2. The molecule has 8 heteroatoms. The number of non-ortho nitro benzene ring substituents is 1. The molecular weight excluding hydrogens is 362 g/mol. The maximum absolute atomic E-state index is 12.6. The van der Waals surface area contributed by atoms with Gasteiger partial charge in [-0.25, -0.2) is 4.79 Å². The lowest BCUT2D eigenvalue weighted by Crippen LogP contribution is -2.18. The number of nitro benzene ring substituents is 1. The molecule has 0 bridgehead atoms. The van der Waals surface area contributed by atoms with Crippen molar-refractivity contribution in [1.82, 2.24) is 0 Å². The predicted octanol–water partition coefficient (Wildman–Crippen LogP) is 3.54. The summed E-state index contributed by atoms with van der Waals surface area (Å²) in [5, 5.41) is 13.9. The van der Waals surface area contributed by atoms with E-state index < -0.39 is 16.8 Å². The molecule has 8 nitrogen and oxygen atoms in total. The number of methoxy groups -OCH3 is 1. The zero-order chi connectivity index (χ0) is 20.3. The van der Waals surface area contributed by atoms with Crippen molar-refractivity contribution in [2.75, 3.05) is 30.4 Å². The third-order valence-corrected chi connectivity index (χ3v) is 4.74. The maximum Gasteiger partial charge on any atom is 0.338 e. The summed E-state index contributed by atoms with van der Waals surface area (Å²) < 4.78 is 4.61. The Kier molecular flexibility index (Phi) is 5.58. The molecule has 0 spiro atoms. The van der Waals surface area contributed by atoms with Crippen molar-refractivity contribution in [3.8, 4) is 0 Å². The SMILES string of the molecule is COC(=O)c1cc(C(=O)Nc2ccc(N3CCCC3)cc2C)cc([N+](=O)[O-])c1. The summed E-state index contributed by atoms with van der Waals surface area (Å²) in [6, 6.07) is 9.27. The molecule has 1 aliphatic heterocycles. The van der Waals surface area contributed by atoms with Gasteiger partial charge in [-0.15, -0.1) is 0 Å². The zero-order valence-corrected chi connectivity index (χ0v) is 15.7. The maximum atomic E-state index is 12.6. The van der Waals surface area contributed by atoms with Crippen molar-refractivity contribution < 1.29 is 19.2 Å². The fourth-order valence-corrected chi connectivity index (χ4v) is 3.24. The first-order chi connectivity index (χ1) is 13.4. The summed E-state index contributed by atoms with van der Waals surface area (Å²) in [6.45, 7) is 3.94. The van der Waals surface area contributed by atoms with Crippen LogP contribution in [0.15, 0.2) is 36.4 Å². The molecule has 1 saturated heterocycles. The van der Waals surface area contributed by atoms with Crippen LogP contribution in [0.1, 0.15) is 39.1 Å². The number of nitro groups is 1. The van der Waals surface area contributed by atoms with E-state index in [-0.39, 0.29) is 16.8 Å². The van der Waals surface area contributed by atoms with E-state index in [4.69, 9.17) is 0 Å². The number of benzene rings is 2. The van der Waals surface area contributed by atoms with E-state index in [0.29, 0.717) is 5.69 Å². The molecule has 1 heterocycles. The standard InChI is InChI=1S/C20H21N3O5/c1-13-9-16(22-7-3-4-8-22)5-6-18(13)21-19(24)14-10-15(20(25)28-2)12-17(11-14)23(26)27/h5-6,9-12H,3-4,7-8H2,1-2H3,(H,21,24). The normalized spacial score (nSPS) is 13.3. The zero-order valence-electron chi connectivity index (χ0n) is 15.7. The molecule has 0 aromatic heterocycles. The minimum absolute atomic E-state index is 0.0117. The minimum Gasteiger partial charge on any atom is -0.465 e. The minimum atomic E-state index is -0.746. The van der Waals surface area contributed by atoms with Crippen LogP contribution in [-0.4, -0.2) is 37.0 Å². The van der Waals surface area contributed by atoms with Crippen molar-refractivity contribution in [3.63, 3.8) is 0 Å². The van der Waals surface area contributed by atoms with Gasteiger partial charge in [-0.05, 0) is 49.6 Å². The fourth-order valence-electron chi connectivity index (χ4n) is 3.24. The summed E-state index contributed by atoms with van der Waals surface area (Å²) in [5.41, 5.74) is 2.21. The van der Waals surface area contributed by atoms with Gasteiger partial charge in [-0.2, -0.15) is 0 Å². The average Bonchev–Trinajstić information content (AvgIpc) is 3.23. The predicted molar refractivity (Wildman–Crippen MR) is 105 cm³/mol. The molecule has 1 amide bonds. The van der Waals surface area contributed by atoms with Gasteiger partial charge in [0.15, 0.2) is 0 Å². The Bertz CT molecular complexity index is 935. The molecule has 1 aliphatic rings. The van der Waals surface area contributed by atoms with Crippen LogP contribution in [0, 0.1) is 17.0 Å². The van der Waals surface area contributed by atoms with E-state index in [0.717, 1.165) is 36.5 Å². The van der Waals surface area contributed by atoms with Crippen LogP contribution >= 0.6 is 0 Å². The third-order valence-electron chi connectivity index (χ3n) is 4.74. The number of anilines is 2. The Morgan fingerprint density at radius 2 is 1.79 bits per heavy atom. The molecule has 146 valence electrons. The molecule has 0 unspecified atom stereocenters. The van der Waals surface area contributed by atoms with Gasteiger partial charge in [0.1, 0.15) is 0 Å². The van der Waals surface area contributed by atoms with Crippen LogP contribution in [0.5, 0.6) is 0 Å². The van der Waals surface area contributed by atoms with Crippen molar-refractivity contribution >= 4 is 28.9 Å². The lowest BCUT2D eigenvalue weighted by Gasteiger charge is -2.19. The number of aryl methyl sites for hydroxylation is 1. The Labute approximate surface area is 162 Å². The largest absolute Gasteiger partial charge is 0.465 e. The summed E-state index contributed by atoms with van der Waals surface area (Å²) in [7, 11) is 1.17. The summed E-state index contributed by atoms with van der Waals surface area (Å²) in [4.78, 5) is 37.2. The number of rotatable bonds is 5. The Morgan fingerprint density at radius 3 is 2.39 bits per heavy atom. The number of carbonyl (C=O) groups excluding carboxylic acids is 2. The number of esters is 1. The van der Waals surface area contributed by atoms with Gasteiger partial charge in [0.2, 0.25) is 0 Å². The van der Waals surface area contributed by atoms with E-state index in [1.165, 1.54) is 26.0 Å². The van der Waals surface area contributed by atoms with Crippen LogP contribution in [-0.2, 0) is 4.74 Å². The quantitative estimate of drug-likeness (QED) is 0.481. The third kappa shape index (κ3) is 4.11. The van der Waals surface area contributed by atoms with Gasteiger partial charge < -0.3 is 15.0 Å². The van der Waals surface area contributed by atoms with Gasteiger partial charge >= 0.3 is 5.97 Å². The van der Waals surface area contributed by atoms with Gasteiger partial charge in [-0.1, -0.05) is 0 Å². The highest BCUT2D eigenvalue weighted by molar-refractivity contribution is 6.06. The van der Waals surface area contributed by atoms with E-state index in [2.05, 4.69) is 15.0 Å². The highest BCUT2D eigenvalue weighted by Gasteiger charge is 2.19. The number of carbonyl (C=O) groups is 2. The average molecular weight is 383 g/mol. The smallest absolute Gasteiger partial charge is 0.338 e. The molecule has 0 radical (unpaired) electrons. The highest BCUT2D eigenvalue weighted by atomic mass is 16.6. The molecule has 0 aliphatic carbocycles. The monoisotopic (exact) mass is 383 g/mol. The summed E-state index contributed by atoms with van der Waals surface area (Å²) >= 11 is 0. The van der Waals surface area contributed by atoms with Crippen molar-refractivity contribution in [1.29, 1.82) is 0 Å². The topological polar surface area (TPSA) is 102 Å². The van der Waals surface area contributed by atoms with Gasteiger partial charge in [-0.3, -0.25) is 14.9 Å². The van der Waals surface area contributed by atoms with Gasteiger partial charge in [0.05, 0.1) is 17.6 Å². The molecule has 2 aromatic carbocycles. The van der Waals surface area contributed by atoms with E-state index in [1.807, 2.05) is 25.1 Å². The second kappa shape index (κ2) is 8.08. The van der Waals surface area contributed by atoms with Gasteiger partial charge in [0.25, 0.3) is 11.6 Å². The van der Waals surface area contributed by atoms with Crippen LogP contribution in [0.25, 0.3) is 0 Å². The van der Waals surface area contributed by atoms with E-state index in [1.54, 1.807) is 0 Å². The van der Waals surface area contributed by atoms with Crippen molar-refractivity contribution in [2.24, 2.45) is 0 Å². The Morgan fingerprint density at radius 1 is 1.11 bits per heavy atom. The first kappa shape index (κ1) is 19.3. The Balaban J connectivity index is 1.85. The number of amides is 1. The molecular formula is C20H21N3O5. The lowest BCUT2D eigenvalue weighted by molar-refractivity contribution is -0.384.